The van der Waals surface area contributed by atoms with Crippen LogP contribution in [0, 0.1) is 40.7 Å². The summed E-state index contributed by atoms with van der Waals surface area (Å²) in [5.74, 6) is -18.2. The molecular weight excluding hydrogens is 436 g/mol. The molecule has 27 heavy (non-hydrogen) atoms. The zero-order valence-electron chi connectivity index (χ0n) is 12.8. The topological polar surface area (TPSA) is 68.3 Å². The molecule has 0 heterocycles. The number of sulfone groups is 2. The highest BCUT2D eigenvalue weighted by Crippen LogP contribution is 2.40. The van der Waals surface area contributed by atoms with Gasteiger partial charge >= 0.3 is 0 Å². The Labute approximate surface area is 146 Å². The SMILES string of the molecule is CS(=O)(=O)C(c1c(F)c(F)c2c(F)c(F)c(F)c(F)c2c1F)S(=O)(=O)CF. The van der Waals surface area contributed by atoms with Gasteiger partial charge in [0.1, 0.15) is 5.82 Å². The first-order chi connectivity index (χ1) is 12.2. The number of alkyl halides is 1. The highest BCUT2D eigenvalue weighted by Gasteiger charge is 2.43. The molecule has 0 aromatic heterocycles. The van der Waals surface area contributed by atoms with Gasteiger partial charge in [0.05, 0.1) is 16.3 Å². The number of benzene rings is 2. The molecule has 0 bridgehead atoms. The third-order valence-corrected chi connectivity index (χ3v) is 7.61. The smallest absolute Gasteiger partial charge is 0.201 e. The molecule has 2 rings (SSSR count). The molecule has 1 unspecified atom stereocenters. The molecule has 0 radical (unpaired) electrons. The van der Waals surface area contributed by atoms with Crippen molar-refractivity contribution in [2.45, 2.75) is 4.58 Å². The van der Waals surface area contributed by atoms with Crippen LogP contribution in [0.15, 0.2) is 0 Å². The van der Waals surface area contributed by atoms with Gasteiger partial charge in [0, 0.05) is 6.26 Å². The number of fused-ring (bicyclic) bond motifs is 1. The van der Waals surface area contributed by atoms with E-state index in [1.165, 1.54) is 0 Å². The van der Waals surface area contributed by atoms with Gasteiger partial charge in [0.15, 0.2) is 55.3 Å². The van der Waals surface area contributed by atoms with Crippen LogP contribution in [0.25, 0.3) is 10.8 Å². The summed E-state index contributed by atoms with van der Waals surface area (Å²) < 4.78 is 153. The van der Waals surface area contributed by atoms with Crippen LogP contribution in [-0.4, -0.2) is 29.1 Å². The summed E-state index contributed by atoms with van der Waals surface area (Å²) in [6, 6.07) is -2.47. The van der Waals surface area contributed by atoms with Crippen LogP contribution in [0.4, 0.5) is 35.1 Å². The van der Waals surface area contributed by atoms with E-state index in [1.54, 1.807) is 0 Å². The van der Waals surface area contributed by atoms with Crippen LogP contribution < -0.4 is 0 Å². The van der Waals surface area contributed by atoms with Gasteiger partial charge in [-0.3, -0.25) is 0 Å². The van der Waals surface area contributed by atoms with Crippen LogP contribution >= 0.6 is 0 Å². The Kier molecular flexibility index (Phi) is 5.20. The lowest BCUT2D eigenvalue weighted by molar-refractivity contribution is 0.411. The molecule has 0 fully saturated rings. The van der Waals surface area contributed by atoms with E-state index in [9.17, 15) is 52.0 Å². The molecule has 0 aliphatic carbocycles. The standard InChI is InChI=1S/C13H6F8O4S2/c1-26(22,23)13(27(24,25)2-14)5-6(15)3-4(7(16)10(5)19)9(18)12(21)11(20)8(3)17/h13H,2H2,1H3. The molecule has 0 N–H and O–H groups in total. The highest BCUT2D eigenvalue weighted by molar-refractivity contribution is 8.08. The third-order valence-electron chi connectivity index (χ3n) is 3.47. The van der Waals surface area contributed by atoms with Crippen molar-refractivity contribution in [1.82, 2.24) is 0 Å². The summed E-state index contributed by atoms with van der Waals surface area (Å²) >= 11 is 0. The van der Waals surface area contributed by atoms with Gasteiger partial charge in [-0.2, -0.15) is 0 Å². The predicted octanol–water partition coefficient (Wildman–Crippen LogP) is 3.20. The zero-order valence-corrected chi connectivity index (χ0v) is 14.4. The van der Waals surface area contributed by atoms with Gasteiger partial charge in [-0.15, -0.1) is 0 Å². The fraction of sp³-hybridized carbons (Fsp3) is 0.231. The van der Waals surface area contributed by atoms with Crippen molar-refractivity contribution in [2.75, 3.05) is 12.3 Å². The van der Waals surface area contributed by atoms with Gasteiger partial charge in [-0.25, -0.2) is 52.0 Å². The van der Waals surface area contributed by atoms with Gasteiger partial charge in [0.25, 0.3) is 0 Å². The third kappa shape index (κ3) is 3.13. The minimum absolute atomic E-state index is 0.0913. The van der Waals surface area contributed by atoms with Crippen LogP contribution in [0.1, 0.15) is 10.1 Å². The first-order valence-corrected chi connectivity index (χ1v) is 10.1. The van der Waals surface area contributed by atoms with Crippen molar-refractivity contribution < 1.29 is 52.0 Å². The molecule has 0 saturated carbocycles. The lowest BCUT2D eigenvalue weighted by Crippen LogP contribution is -2.26. The Balaban J connectivity index is 3.22. The monoisotopic (exact) mass is 442 g/mol. The first-order valence-electron chi connectivity index (χ1n) is 6.46. The van der Waals surface area contributed by atoms with Gasteiger partial charge in [-0.1, -0.05) is 0 Å². The maximum Gasteiger partial charge on any atom is 0.201 e. The second kappa shape index (κ2) is 6.58. The van der Waals surface area contributed by atoms with E-state index in [0.717, 1.165) is 0 Å². The van der Waals surface area contributed by atoms with Gasteiger partial charge in [-0.05, 0) is 0 Å². The van der Waals surface area contributed by atoms with E-state index in [4.69, 9.17) is 0 Å². The maximum atomic E-state index is 14.6. The van der Waals surface area contributed by atoms with Crippen LogP contribution in [0.2, 0.25) is 0 Å². The van der Waals surface area contributed by atoms with E-state index < -0.39 is 87.3 Å². The van der Waals surface area contributed by atoms with E-state index >= 15 is 0 Å². The average molecular weight is 442 g/mol. The van der Waals surface area contributed by atoms with Gasteiger partial charge in [0.2, 0.25) is 9.84 Å². The highest BCUT2D eigenvalue weighted by atomic mass is 32.3. The zero-order chi connectivity index (χ0) is 21.1. The Hall–Kier alpha value is -1.96. The molecule has 150 valence electrons. The molecule has 0 spiro atoms. The summed E-state index contributed by atoms with van der Waals surface area (Å²) in [5, 5.41) is -4.14. The Morgan fingerprint density at radius 3 is 1.41 bits per heavy atom. The second-order valence-corrected chi connectivity index (χ2v) is 9.74. The van der Waals surface area contributed by atoms with E-state index in [1.807, 2.05) is 0 Å². The van der Waals surface area contributed by atoms with Gasteiger partial charge < -0.3 is 0 Å². The lowest BCUT2D eigenvalue weighted by atomic mass is 10.0. The van der Waals surface area contributed by atoms with Crippen molar-refractivity contribution in [1.29, 1.82) is 0 Å². The Bertz CT molecular complexity index is 1180. The Morgan fingerprint density at radius 2 is 1.04 bits per heavy atom. The van der Waals surface area contributed by atoms with E-state index in [0.29, 0.717) is 0 Å². The fourth-order valence-corrected chi connectivity index (χ4v) is 6.03. The summed E-state index contributed by atoms with van der Waals surface area (Å²) in [6.07, 6.45) is 0.0913. The molecule has 0 aliphatic heterocycles. The predicted molar refractivity (Wildman–Crippen MR) is 76.1 cm³/mol. The Morgan fingerprint density at radius 1 is 0.667 bits per heavy atom. The normalized spacial score (nSPS) is 14.0. The molecule has 1 atom stereocenters. The lowest BCUT2D eigenvalue weighted by Gasteiger charge is -2.18. The van der Waals surface area contributed by atoms with Crippen LogP contribution in [0.5, 0.6) is 0 Å². The number of rotatable bonds is 4. The summed E-state index contributed by atoms with van der Waals surface area (Å²) in [5.41, 5.74) is -2.22. The fourth-order valence-electron chi connectivity index (χ4n) is 2.43. The average Bonchev–Trinajstić information content (AvgIpc) is 2.56. The molecule has 14 heteroatoms. The molecule has 2 aromatic rings. The molecule has 4 nitrogen and oxygen atoms in total. The minimum Gasteiger partial charge on any atom is -0.234 e. The van der Waals surface area contributed by atoms with Crippen molar-refractivity contribution in [2.24, 2.45) is 0 Å². The first kappa shape index (κ1) is 21.3. The largest absolute Gasteiger partial charge is 0.234 e. The quantitative estimate of drug-likeness (QED) is 0.415. The molecular formula is C13H6F8O4S2. The number of hydrogen-bond acceptors (Lipinski definition) is 4. The minimum atomic E-state index is -5.53. The second-order valence-electron chi connectivity index (χ2n) is 5.29. The summed E-state index contributed by atoms with van der Waals surface area (Å²) in [6.45, 7) is 0. The van der Waals surface area contributed by atoms with Crippen molar-refractivity contribution in [3.8, 4) is 0 Å². The maximum absolute atomic E-state index is 14.6. The molecule has 2 aromatic carbocycles. The van der Waals surface area contributed by atoms with Crippen molar-refractivity contribution >= 4 is 30.4 Å². The van der Waals surface area contributed by atoms with E-state index in [2.05, 4.69) is 0 Å². The van der Waals surface area contributed by atoms with Crippen LogP contribution in [-0.2, 0) is 19.7 Å². The number of halogens is 8. The number of hydrogen-bond donors (Lipinski definition) is 0. The van der Waals surface area contributed by atoms with Crippen LogP contribution in [0.3, 0.4) is 0 Å². The summed E-state index contributed by atoms with van der Waals surface area (Å²) in [4.78, 5) is 0. The summed E-state index contributed by atoms with van der Waals surface area (Å²) in [7, 11) is -10.6. The molecule has 0 saturated heterocycles. The van der Waals surface area contributed by atoms with E-state index in [-0.39, 0.29) is 6.26 Å². The van der Waals surface area contributed by atoms with Crippen molar-refractivity contribution in [3.05, 3.63) is 46.3 Å². The van der Waals surface area contributed by atoms with Crippen molar-refractivity contribution in [3.63, 3.8) is 0 Å². The molecule has 0 amide bonds. The molecule has 0 aliphatic rings.